The van der Waals surface area contributed by atoms with E-state index in [9.17, 15) is 16.8 Å². The third-order valence-electron chi connectivity index (χ3n) is 1.70. The summed E-state index contributed by atoms with van der Waals surface area (Å²) in [4.78, 5) is 0. The molecule has 0 fully saturated rings. The van der Waals surface area contributed by atoms with Crippen LogP contribution in [0, 0.1) is 0 Å². The molecule has 8 heteroatoms. The quantitative estimate of drug-likeness (QED) is 0.662. The molecule has 0 bridgehead atoms. The van der Waals surface area contributed by atoms with Crippen LogP contribution in [0.3, 0.4) is 0 Å². The molecule has 0 aromatic rings. The summed E-state index contributed by atoms with van der Waals surface area (Å²) < 4.78 is 45.5. The van der Waals surface area contributed by atoms with Gasteiger partial charge in [-0.15, -0.1) is 0 Å². The number of sulfonamides is 1. The van der Waals surface area contributed by atoms with Crippen LogP contribution in [0.1, 0.15) is 13.3 Å². The van der Waals surface area contributed by atoms with Crippen molar-refractivity contribution in [1.82, 2.24) is 4.31 Å². The molecule has 15 heavy (non-hydrogen) atoms. The van der Waals surface area contributed by atoms with E-state index in [1.54, 1.807) is 0 Å². The number of sulfone groups is 1. The van der Waals surface area contributed by atoms with Crippen LogP contribution in [0.5, 0.6) is 0 Å². The van der Waals surface area contributed by atoms with Crippen molar-refractivity contribution in [3.05, 3.63) is 0 Å². The van der Waals surface area contributed by atoms with Crippen molar-refractivity contribution in [1.29, 1.82) is 0 Å². The first-order valence-electron chi connectivity index (χ1n) is 4.34. The molecule has 0 spiro atoms. The van der Waals surface area contributed by atoms with Crippen LogP contribution in [-0.4, -0.2) is 57.3 Å². The molecule has 0 amide bonds. The summed E-state index contributed by atoms with van der Waals surface area (Å²) in [5, 5.41) is 8.07. The van der Waals surface area contributed by atoms with E-state index in [2.05, 4.69) is 0 Å². The fraction of sp³-hybridized carbons (Fsp3) is 1.00. The molecule has 1 unspecified atom stereocenters. The summed E-state index contributed by atoms with van der Waals surface area (Å²) in [5.74, 6) is 0. The minimum Gasteiger partial charge on any atom is -0.393 e. The van der Waals surface area contributed by atoms with Gasteiger partial charge in [0, 0.05) is 19.8 Å². The van der Waals surface area contributed by atoms with E-state index in [1.165, 1.54) is 14.0 Å². The molecule has 0 aliphatic rings. The van der Waals surface area contributed by atoms with E-state index in [0.717, 1.165) is 10.6 Å². The summed E-state index contributed by atoms with van der Waals surface area (Å²) in [6, 6.07) is 0. The fourth-order valence-corrected chi connectivity index (χ4v) is 4.14. The largest absolute Gasteiger partial charge is 0.393 e. The van der Waals surface area contributed by atoms with E-state index < -0.39 is 31.0 Å². The SMILES string of the molecule is CC(O)CCN(C)S(=O)(=O)CS(C)(=O)=O. The molecule has 0 radical (unpaired) electrons. The molecule has 0 aromatic heterocycles. The van der Waals surface area contributed by atoms with Crippen molar-refractivity contribution in [2.45, 2.75) is 19.4 Å². The molecule has 0 aliphatic heterocycles. The van der Waals surface area contributed by atoms with Gasteiger partial charge >= 0.3 is 0 Å². The molecular weight excluding hydrogens is 242 g/mol. The van der Waals surface area contributed by atoms with E-state index >= 15 is 0 Å². The monoisotopic (exact) mass is 259 g/mol. The van der Waals surface area contributed by atoms with Gasteiger partial charge in [0.25, 0.3) is 0 Å². The van der Waals surface area contributed by atoms with E-state index in [4.69, 9.17) is 5.11 Å². The first-order valence-corrected chi connectivity index (χ1v) is 8.01. The molecule has 92 valence electrons. The maximum Gasteiger partial charge on any atom is 0.228 e. The third-order valence-corrected chi connectivity index (χ3v) is 5.74. The Labute approximate surface area is 90.9 Å². The van der Waals surface area contributed by atoms with E-state index in [1.807, 2.05) is 0 Å². The van der Waals surface area contributed by atoms with Crippen LogP contribution in [-0.2, 0) is 19.9 Å². The highest BCUT2D eigenvalue weighted by Crippen LogP contribution is 2.04. The average molecular weight is 259 g/mol. The molecule has 0 aliphatic carbocycles. The summed E-state index contributed by atoms with van der Waals surface area (Å²) >= 11 is 0. The minimum absolute atomic E-state index is 0.107. The Morgan fingerprint density at radius 2 is 1.73 bits per heavy atom. The zero-order chi connectivity index (χ0) is 12.3. The highest BCUT2D eigenvalue weighted by atomic mass is 32.3. The van der Waals surface area contributed by atoms with Gasteiger partial charge in [0.2, 0.25) is 10.0 Å². The topological polar surface area (TPSA) is 91.8 Å². The van der Waals surface area contributed by atoms with Crippen LogP contribution >= 0.6 is 0 Å². The predicted molar refractivity (Wildman–Crippen MR) is 57.6 cm³/mol. The van der Waals surface area contributed by atoms with Gasteiger partial charge in [-0.1, -0.05) is 0 Å². The zero-order valence-corrected chi connectivity index (χ0v) is 10.7. The second-order valence-corrected chi connectivity index (χ2v) is 8.20. The molecule has 0 saturated carbocycles. The van der Waals surface area contributed by atoms with Crippen molar-refractivity contribution >= 4 is 19.9 Å². The molecule has 0 heterocycles. The zero-order valence-electron chi connectivity index (χ0n) is 9.04. The van der Waals surface area contributed by atoms with Gasteiger partial charge in [0.05, 0.1) is 6.10 Å². The molecule has 0 rings (SSSR count). The predicted octanol–water partition coefficient (Wildman–Crippen LogP) is -0.979. The van der Waals surface area contributed by atoms with E-state index in [-0.39, 0.29) is 13.0 Å². The van der Waals surface area contributed by atoms with Gasteiger partial charge in [-0.25, -0.2) is 21.1 Å². The Balaban J connectivity index is 4.48. The van der Waals surface area contributed by atoms with Crippen molar-refractivity contribution in [2.24, 2.45) is 0 Å². The van der Waals surface area contributed by atoms with Crippen molar-refractivity contribution < 1.29 is 21.9 Å². The van der Waals surface area contributed by atoms with Crippen LogP contribution in [0.25, 0.3) is 0 Å². The number of aliphatic hydroxyl groups is 1. The van der Waals surface area contributed by atoms with Gasteiger partial charge in [0.15, 0.2) is 14.9 Å². The van der Waals surface area contributed by atoms with Crippen molar-refractivity contribution in [3.63, 3.8) is 0 Å². The maximum atomic E-state index is 11.4. The van der Waals surface area contributed by atoms with Gasteiger partial charge in [-0.05, 0) is 13.3 Å². The van der Waals surface area contributed by atoms with Crippen LogP contribution in [0.4, 0.5) is 0 Å². The van der Waals surface area contributed by atoms with E-state index in [0.29, 0.717) is 0 Å². The Kier molecular flexibility index (Phi) is 5.18. The molecule has 1 atom stereocenters. The Morgan fingerprint density at radius 1 is 1.27 bits per heavy atom. The van der Waals surface area contributed by atoms with Gasteiger partial charge in [0.1, 0.15) is 0 Å². The van der Waals surface area contributed by atoms with Gasteiger partial charge in [-0.2, -0.15) is 0 Å². The lowest BCUT2D eigenvalue weighted by Gasteiger charge is -2.16. The number of nitrogens with zero attached hydrogens (tertiary/aromatic N) is 1. The summed E-state index contributed by atoms with van der Waals surface area (Å²) in [7, 11) is -6.04. The maximum absolute atomic E-state index is 11.4. The number of hydrogen-bond acceptors (Lipinski definition) is 5. The van der Waals surface area contributed by atoms with Crippen LogP contribution < -0.4 is 0 Å². The normalized spacial score (nSPS) is 15.5. The Bertz CT molecular complexity index is 384. The highest BCUT2D eigenvalue weighted by Gasteiger charge is 2.23. The number of hydrogen-bond donors (Lipinski definition) is 1. The second kappa shape index (κ2) is 5.24. The van der Waals surface area contributed by atoms with Gasteiger partial charge < -0.3 is 5.11 Å². The average Bonchev–Trinajstić information content (AvgIpc) is 1.94. The standard InChI is InChI=1S/C7H17NO5S2/c1-7(9)4-5-8(2)15(12,13)6-14(3,10)11/h7,9H,4-6H2,1-3H3. The summed E-state index contributed by atoms with van der Waals surface area (Å²) in [6.45, 7) is 1.65. The Hall–Kier alpha value is -0.180. The molecule has 0 aromatic carbocycles. The second-order valence-electron chi connectivity index (χ2n) is 3.61. The van der Waals surface area contributed by atoms with Crippen LogP contribution in [0.2, 0.25) is 0 Å². The Morgan fingerprint density at radius 3 is 2.07 bits per heavy atom. The van der Waals surface area contributed by atoms with Crippen LogP contribution in [0.15, 0.2) is 0 Å². The first-order chi connectivity index (χ1) is 6.54. The molecular formula is C7H17NO5S2. The summed E-state index contributed by atoms with van der Waals surface area (Å²) in [6.07, 6.45) is 0.535. The van der Waals surface area contributed by atoms with Crippen molar-refractivity contribution in [3.8, 4) is 0 Å². The lowest BCUT2D eigenvalue weighted by atomic mass is 10.3. The van der Waals surface area contributed by atoms with Gasteiger partial charge in [-0.3, -0.25) is 0 Å². The molecule has 1 N–H and O–H groups in total. The minimum atomic E-state index is -3.78. The number of rotatable bonds is 6. The lowest BCUT2D eigenvalue weighted by Crippen LogP contribution is -2.33. The number of aliphatic hydroxyl groups excluding tert-OH is 1. The highest BCUT2D eigenvalue weighted by molar-refractivity contribution is 8.06. The molecule has 0 saturated heterocycles. The first kappa shape index (κ1) is 14.8. The fourth-order valence-electron chi connectivity index (χ4n) is 0.868. The third kappa shape index (κ3) is 6.82. The smallest absolute Gasteiger partial charge is 0.228 e. The van der Waals surface area contributed by atoms with Crippen molar-refractivity contribution in [2.75, 3.05) is 24.9 Å². The molecule has 6 nitrogen and oxygen atoms in total. The lowest BCUT2D eigenvalue weighted by molar-refractivity contribution is 0.177. The summed E-state index contributed by atoms with van der Waals surface area (Å²) in [5.41, 5.74) is 0.